The topological polar surface area (TPSA) is 50.8 Å². The van der Waals surface area contributed by atoms with Gasteiger partial charge in [0.15, 0.2) is 0 Å². The highest BCUT2D eigenvalue weighted by Gasteiger charge is 2.22. The van der Waals surface area contributed by atoms with E-state index in [1.807, 2.05) is 11.3 Å². The Morgan fingerprint density at radius 3 is 2.89 bits per heavy atom. The van der Waals surface area contributed by atoms with Crippen LogP contribution < -0.4 is 5.32 Å². The van der Waals surface area contributed by atoms with Crippen LogP contribution in [0.2, 0.25) is 0 Å². The molecule has 0 radical (unpaired) electrons. The molecule has 1 aromatic heterocycles. The smallest absolute Gasteiger partial charge is 0.220 e. The Bertz CT molecular complexity index is 564. The van der Waals surface area contributed by atoms with E-state index in [1.54, 1.807) is 7.11 Å². The first-order valence-corrected chi connectivity index (χ1v) is 11.2. The van der Waals surface area contributed by atoms with Crippen LogP contribution in [0.25, 0.3) is 0 Å². The Hall–Kier alpha value is -0.950. The summed E-state index contributed by atoms with van der Waals surface area (Å²) in [5.74, 6) is 0.842. The molecule has 1 amide bonds. The first kappa shape index (κ1) is 20.8. The molecule has 2 aliphatic rings. The molecule has 6 heteroatoms. The van der Waals surface area contributed by atoms with Crippen LogP contribution in [0, 0.1) is 5.92 Å². The second kappa shape index (κ2) is 11.1. The molecule has 1 atom stereocenters. The largest absolute Gasteiger partial charge is 0.383 e. The average molecular weight is 395 g/mol. The summed E-state index contributed by atoms with van der Waals surface area (Å²) in [4.78, 5) is 17.2. The molecule has 3 rings (SSSR count). The average Bonchev–Trinajstić information content (AvgIpc) is 3.17. The lowest BCUT2D eigenvalue weighted by molar-refractivity contribution is -0.121. The summed E-state index contributed by atoms with van der Waals surface area (Å²) in [6.45, 7) is 5.45. The number of piperidine rings is 1. The molecule has 2 fully saturated rings. The SMILES string of the molecule is COCCNC(=O)CCC1CCN(Cc2ccc(C3CCCCO3)s2)CC1. The minimum atomic E-state index is 0.158. The van der Waals surface area contributed by atoms with E-state index >= 15 is 0 Å². The number of hydrogen-bond donors (Lipinski definition) is 1. The molecule has 3 heterocycles. The minimum Gasteiger partial charge on any atom is -0.383 e. The maximum Gasteiger partial charge on any atom is 0.220 e. The normalized spacial score (nSPS) is 22.0. The summed E-state index contributed by atoms with van der Waals surface area (Å²) < 4.78 is 10.9. The van der Waals surface area contributed by atoms with Crippen molar-refractivity contribution in [3.05, 3.63) is 21.9 Å². The Morgan fingerprint density at radius 2 is 2.15 bits per heavy atom. The molecule has 1 unspecified atom stereocenters. The van der Waals surface area contributed by atoms with Gasteiger partial charge in [-0.1, -0.05) is 0 Å². The summed E-state index contributed by atoms with van der Waals surface area (Å²) >= 11 is 1.93. The molecule has 0 saturated carbocycles. The van der Waals surface area contributed by atoms with Gasteiger partial charge in [0.2, 0.25) is 5.91 Å². The summed E-state index contributed by atoms with van der Waals surface area (Å²) in [5, 5.41) is 2.91. The van der Waals surface area contributed by atoms with E-state index in [4.69, 9.17) is 9.47 Å². The van der Waals surface area contributed by atoms with Gasteiger partial charge in [0.25, 0.3) is 0 Å². The van der Waals surface area contributed by atoms with Crippen molar-refractivity contribution in [1.29, 1.82) is 0 Å². The van der Waals surface area contributed by atoms with Crippen molar-refractivity contribution in [1.82, 2.24) is 10.2 Å². The summed E-state index contributed by atoms with van der Waals surface area (Å²) in [6.07, 6.45) is 8.06. The van der Waals surface area contributed by atoms with Gasteiger partial charge in [-0.15, -0.1) is 11.3 Å². The molecule has 0 aromatic carbocycles. The molecule has 1 aromatic rings. The standard InChI is InChI=1S/C21H34N2O3S/c1-25-15-11-22-21(24)8-5-17-9-12-23(13-10-17)16-18-6-7-20(27-18)19-4-2-3-14-26-19/h6-7,17,19H,2-5,8-16H2,1H3,(H,22,24). The van der Waals surface area contributed by atoms with Crippen LogP contribution in [-0.2, 0) is 20.8 Å². The predicted octanol–water partition coefficient (Wildman–Crippen LogP) is 3.74. The van der Waals surface area contributed by atoms with Gasteiger partial charge in [-0.05, 0) is 69.7 Å². The molecule has 2 saturated heterocycles. The van der Waals surface area contributed by atoms with Gasteiger partial charge in [-0.2, -0.15) is 0 Å². The number of nitrogens with zero attached hydrogens (tertiary/aromatic N) is 1. The van der Waals surface area contributed by atoms with Crippen molar-refractivity contribution in [2.45, 2.75) is 57.6 Å². The lowest BCUT2D eigenvalue weighted by atomic mass is 9.92. The summed E-state index contributed by atoms with van der Waals surface area (Å²) in [7, 11) is 1.65. The molecule has 1 N–H and O–H groups in total. The first-order chi connectivity index (χ1) is 13.2. The zero-order valence-electron chi connectivity index (χ0n) is 16.6. The maximum atomic E-state index is 11.8. The highest BCUT2D eigenvalue weighted by molar-refractivity contribution is 7.12. The Labute approximate surface area is 167 Å². The molecule has 5 nitrogen and oxygen atoms in total. The highest BCUT2D eigenvalue weighted by Crippen LogP contribution is 2.33. The van der Waals surface area contributed by atoms with E-state index < -0.39 is 0 Å². The molecular formula is C21H34N2O3S. The second-order valence-electron chi connectivity index (χ2n) is 7.76. The minimum absolute atomic E-state index is 0.158. The lowest BCUT2D eigenvalue weighted by Gasteiger charge is -2.31. The number of ether oxygens (including phenoxy) is 2. The molecule has 0 bridgehead atoms. The Balaban J connectivity index is 1.33. The third kappa shape index (κ3) is 6.86. The quantitative estimate of drug-likeness (QED) is 0.648. The molecule has 2 aliphatic heterocycles. The summed E-state index contributed by atoms with van der Waals surface area (Å²) in [6, 6.07) is 4.55. The number of carbonyl (C=O) groups is 1. The fourth-order valence-corrected chi connectivity index (χ4v) is 5.13. The van der Waals surface area contributed by atoms with Crippen molar-refractivity contribution in [3.63, 3.8) is 0 Å². The predicted molar refractivity (Wildman–Crippen MR) is 109 cm³/mol. The van der Waals surface area contributed by atoms with Crippen LogP contribution in [0.15, 0.2) is 12.1 Å². The monoisotopic (exact) mass is 394 g/mol. The maximum absolute atomic E-state index is 11.8. The molecule has 0 spiro atoms. The third-order valence-corrected chi connectivity index (χ3v) is 6.84. The second-order valence-corrected chi connectivity index (χ2v) is 8.96. The number of thiophene rings is 1. The van der Waals surface area contributed by atoms with Crippen molar-refractivity contribution >= 4 is 17.2 Å². The molecule has 27 heavy (non-hydrogen) atoms. The van der Waals surface area contributed by atoms with Gasteiger partial charge >= 0.3 is 0 Å². The van der Waals surface area contributed by atoms with E-state index in [0.29, 0.717) is 31.6 Å². The van der Waals surface area contributed by atoms with Gasteiger partial charge in [-0.25, -0.2) is 0 Å². The highest BCUT2D eigenvalue weighted by atomic mass is 32.1. The Morgan fingerprint density at radius 1 is 1.30 bits per heavy atom. The zero-order valence-corrected chi connectivity index (χ0v) is 17.4. The van der Waals surface area contributed by atoms with Crippen LogP contribution in [0.1, 0.15) is 60.8 Å². The lowest BCUT2D eigenvalue weighted by Crippen LogP contribution is -2.33. The number of hydrogen-bond acceptors (Lipinski definition) is 5. The van der Waals surface area contributed by atoms with Crippen molar-refractivity contribution in [2.24, 2.45) is 5.92 Å². The van der Waals surface area contributed by atoms with Crippen molar-refractivity contribution in [3.8, 4) is 0 Å². The zero-order chi connectivity index (χ0) is 18.9. The van der Waals surface area contributed by atoms with E-state index in [2.05, 4.69) is 22.3 Å². The van der Waals surface area contributed by atoms with E-state index in [9.17, 15) is 4.79 Å². The number of likely N-dealkylation sites (tertiary alicyclic amines) is 1. The van der Waals surface area contributed by atoms with Crippen LogP contribution >= 0.6 is 11.3 Å². The van der Waals surface area contributed by atoms with E-state index in [1.165, 1.54) is 41.9 Å². The van der Waals surface area contributed by atoms with Crippen LogP contribution in [0.5, 0.6) is 0 Å². The summed E-state index contributed by atoms with van der Waals surface area (Å²) in [5.41, 5.74) is 0. The van der Waals surface area contributed by atoms with Gasteiger partial charge in [0.1, 0.15) is 0 Å². The van der Waals surface area contributed by atoms with Gasteiger partial charge in [0.05, 0.1) is 12.7 Å². The number of rotatable bonds is 9. The molecule has 0 aliphatic carbocycles. The first-order valence-electron chi connectivity index (χ1n) is 10.4. The fraction of sp³-hybridized carbons (Fsp3) is 0.762. The number of amides is 1. The van der Waals surface area contributed by atoms with Crippen molar-refractivity contribution < 1.29 is 14.3 Å². The van der Waals surface area contributed by atoms with Crippen LogP contribution in [0.4, 0.5) is 0 Å². The fourth-order valence-electron chi connectivity index (χ4n) is 3.99. The van der Waals surface area contributed by atoms with Crippen molar-refractivity contribution in [2.75, 3.05) is 40.0 Å². The number of methoxy groups -OCH3 is 1. The Kier molecular flexibility index (Phi) is 8.58. The van der Waals surface area contributed by atoms with Gasteiger partial charge in [0, 0.05) is 43.0 Å². The number of nitrogens with one attached hydrogen (secondary N) is 1. The third-order valence-electron chi connectivity index (χ3n) is 5.67. The molecular weight excluding hydrogens is 360 g/mol. The van der Waals surface area contributed by atoms with E-state index in [0.717, 1.165) is 32.7 Å². The van der Waals surface area contributed by atoms with Gasteiger partial charge in [-0.3, -0.25) is 9.69 Å². The van der Waals surface area contributed by atoms with Crippen LogP contribution in [0.3, 0.4) is 0 Å². The molecule has 152 valence electrons. The van der Waals surface area contributed by atoms with Gasteiger partial charge < -0.3 is 14.8 Å². The van der Waals surface area contributed by atoms with Crippen LogP contribution in [-0.4, -0.2) is 50.8 Å². The number of carbonyl (C=O) groups excluding carboxylic acids is 1. The van der Waals surface area contributed by atoms with E-state index in [-0.39, 0.29) is 5.91 Å².